The fourth-order valence-corrected chi connectivity index (χ4v) is 1.62. The Bertz CT molecular complexity index is 415. The number of nitrogens with zero attached hydrogens (tertiary/aromatic N) is 1. The van der Waals surface area contributed by atoms with E-state index in [9.17, 15) is 0 Å². The van der Waals surface area contributed by atoms with Crippen molar-refractivity contribution in [3.63, 3.8) is 0 Å². The van der Waals surface area contributed by atoms with E-state index in [-0.39, 0.29) is 6.61 Å². The van der Waals surface area contributed by atoms with Crippen molar-refractivity contribution >= 4 is 0 Å². The smallest absolute Gasteiger partial charge is 0.119 e. The Morgan fingerprint density at radius 2 is 2.28 bits per heavy atom. The van der Waals surface area contributed by atoms with E-state index in [0.717, 1.165) is 17.7 Å². The minimum Gasteiger partial charge on any atom is -0.494 e. The summed E-state index contributed by atoms with van der Waals surface area (Å²) in [6, 6.07) is 9.47. The minimum atomic E-state index is -0.740. The van der Waals surface area contributed by atoms with Crippen LogP contribution >= 0.6 is 0 Å². The molecule has 1 unspecified atom stereocenters. The van der Waals surface area contributed by atoms with Crippen LogP contribution in [0.5, 0.6) is 5.75 Å². The van der Waals surface area contributed by atoms with Gasteiger partial charge in [-0.1, -0.05) is 19.1 Å². The van der Waals surface area contributed by atoms with Crippen molar-refractivity contribution < 1.29 is 9.84 Å². The molecule has 0 saturated carbocycles. The van der Waals surface area contributed by atoms with Gasteiger partial charge in [0.05, 0.1) is 19.3 Å². The summed E-state index contributed by atoms with van der Waals surface area (Å²) < 4.78 is 5.56. The molecule has 0 saturated heterocycles. The third-order valence-electron chi connectivity index (χ3n) is 2.97. The Morgan fingerprint density at radius 1 is 1.50 bits per heavy atom. The minimum absolute atomic E-state index is 0.00732. The number of hydrogen-bond acceptors (Lipinski definition) is 4. The Balaban J connectivity index is 2.36. The van der Waals surface area contributed by atoms with E-state index in [1.807, 2.05) is 25.1 Å². The molecule has 4 nitrogen and oxygen atoms in total. The molecule has 3 N–H and O–H groups in total. The maximum absolute atomic E-state index is 9.00. The number of rotatable bonds is 7. The lowest BCUT2D eigenvalue weighted by Gasteiger charge is -2.19. The summed E-state index contributed by atoms with van der Waals surface area (Å²) in [5.41, 5.74) is 5.96. The largest absolute Gasteiger partial charge is 0.494 e. The van der Waals surface area contributed by atoms with Gasteiger partial charge in [-0.05, 0) is 37.0 Å². The first-order valence-corrected chi connectivity index (χ1v) is 6.16. The molecule has 0 aliphatic heterocycles. The first kappa shape index (κ1) is 14.5. The first-order chi connectivity index (χ1) is 8.63. The van der Waals surface area contributed by atoms with Crippen molar-refractivity contribution in [2.24, 2.45) is 5.73 Å². The summed E-state index contributed by atoms with van der Waals surface area (Å²) >= 11 is 0. The highest BCUT2D eigenvalue weighted by atomic mass is 16.5. The van der Waals surface area contributed by atoms with Gasteiger partial charge in [-0.15, -0.1) is 0 Å². The fraction of sp³-hybridized carbons (Fsp3) is 0.500. The standard InChI is InChI=1S/C14H20N2O2/c1-2-14(16,11-15)7-4-8-18-13-6-3-5-12(9-13)10-17/h3,5-6,9,17H,2,4,7-8,10,16H2,1H3. The maximum atomic E-state index is 9.00. The summed E-state index contributed by atoms with van der Waals surface area (Å²) in [6.45, 7) is 2.44. The van der Waals surface area contributed by atoms with Gasteiger partial charge in [-0.2, -0.15) is 5.26 Å². The summed E-state index contributed by atoms with van der Waals surface area (Å²) in [6.07, 6.45) is 2.00. The Labute approximate surface area is 108 Å². The third kappa shape index (κ3) is 4.36. The predicted molar refractivity (Wildman–Crippen MR) is 69.9 cm³/mol. The third-order valence-corrected chi connectivity index (χ3v) is 2.97. The molecular formula is C14H20N2O2. The Kier molecular flexibility index (Phi) is 5.63. The van der Waals surface area contributed by atoms with E-state index in [2.05, 4.69) is 6.07 Å². The molecule has 18 heavy (non-hydrogen) atoms. The second-order valence-corrected chi connectivity index (χ2v) is 4.38. The molecule has 0 radical (unpaired) electrons. The number of aliphatic hydroxyl groups is 1. The van der Waals surface area contributed by atoms with Crippen LogP contribution in [0.1, 0.15) is 31.7 Å². The van der Waals surface area contributed by atoms with Crippen LogP contribution < -0.4 is 10.5 Å². The zero-order valence-electron chi connectivity index (χ0n) is 10.7. The van der Waals surface area contributed by atoms with Crippen LogP contribution in [0.2, 0.25) is 0 Å². The summed E-state index contributed by atoms with van der Waals surface area (Å²) in [5.74, 6) is 0.734. The molecule has 1 rings (SSSR count). The SMILES string of the molecule is CCC(N)(C#N)CCCOc1cccc(CO)c1. The quantitative estimate of drug-likeness (QED) is 0.723. The topological polar surface area (TPSA) is 79.3 Å². The molecule has 0 bridgehead atoms. The van der Waals surface area contributed by atoms with Gasteiger partial charge in [0.25, 0.3) is 0 Å². The normalized spacial score (nSPS) is 13.7. The molecule has 0 aliphatic rings. The summed E-state index contributed by atoms with van der Waals surface area (Å²) in [7, 11) is 0. The van der Waals surface area contributed by atoms with Crippen molar-refractivity contribution in [3.8, 4) is 11.8 Å². The second kappa shape index (κ2) is 7.00. The molecule has 0 aromatic heterocycles. The monoisotopic (exact) mass is 248 g/mol. The molecule has 0 fully saturated rings. The molecular weight excluding hydrogens is 228 g/mol. The average molecular weight is 248 g/mol. The van der Waals surface area contributed by atoms with E-state index in [0.29, 0.717) is 19.4 Å². The number of aliphatic hydroxyl groups excluding tert-OH is 1. The number of ether oxygens (including phenoxy) is 1. The van der Waals surface area contributed by atoms with Gasteiger partial charge in [0.1, 0.15) is 11.3 Å². The zero-order valence-corrected chi connectivity index (χ0v) is 10.7. The zero-order chi connectivity index (χ0) is 13.4. The Morgan fingerprint density at radius 3 is 2.89 bits per heavy atom. The van der Waals surface area contributed by atoms with E-state index in [1.165, 1.54) is 0 Å². The highest BCUT2D eigenvalue weighted by Gasteiger charge is 2.20. The van der Waals surface area contributed by atoms with E-state index in [4.69, 9.17) is 20.8 Å². The van der Waals surface area contributed by atoms with E-state index < -0.39 is 5.54 Å². The fourth-order valence-electron chi connectivity index (χ4n) is 1.62. The lowest BCUT2D eigenvalue weighted by Crippen LogP contribution is -2.37. The molecule has 0 spiro atoms. The average Bonchev–Trinajstić information content (AvgIpc) is 2.43. The molecule has 0 heterocycles. The van der Waals surface area contributed by atoms with Crippen molar-refractivity contribution in [2.45, 2.75) is 38.3 Å². The predicted octanol–water partition coefficient (Wildman–Crippen LogP) is 1.97. The number of nitrogens with two attached hydrogens (primary N) is 1. The van der Waals surface area contributed by atoms with Gasteiger partial charge in [0, 0.05) is 0 Å². The molecule has 4 heteroatoms. The molecule has 0 aliphatic carbocycles. The molecule has 0 amide bonds. The van der Waals surface area contributed by atoms with Crippen LogP contribution in [0.15, 0.2) is 24.3 Å². The van der Waals surface area contributed by atoms with Gasteiger partial charge < -0.3 is 15.6 Å². The van der Waals surface area contributed by atoms with Crippen LogP contribution in [0.3, 0.4) is 0 Å². The highest BCUT2D eigenvalue weighted by molar-refractivity contribution is 5.27. The van der Waals surface area contributed by atoms with Crippen molar-refractivity contribution in [2.75, 3.05) is 6.61 Å². The van der Waals surface area contributed by atoms with Crippen LogP contribution in [0.25, 0.3) is 0 Å². The van der Waals surface area contributed by atoms with Gasteiger partial charge in [-0.25, -0.2) is 0 Å². The molecule has 1 aromatic carbocycles. The van der Waals surface area contributed by atoms with Gasteiger partial charge in [0.15, 0.2) is 0 Å². The van der Waals surface area contributed by atoms with Crippen molar-refractivity contribution in [3.05, 3.63) is 29.8 Å². The van der Waals surface area contributed by atoms with E-state index >= 15 is 0 Å². The van der Waals surface area contributed by atoms with Crippen LogP contribution in [0, 0.1) is 11.3 Å². The number of hydrogen-bond donors (Lipinski definition) is 2. The first-order valence-electron chi connectivity index (χ1n) is 6.16. The van der Waals surface area contributed by atoms with Gasteiger partial charge >= 0.3 is 0 Å². The van der Waals surface area contributed by atoms with Crippen molar-refractivity contribution in [1.82, 2.24) is 0 Å². The highest BCUT2D eigenvalue weighted by Crippen LogP contribution is 2.16. The van der Waals surface area contributed by atoms with Crippen LogP contribution in [-0.2, 0) is 6.61 Å². The Hall–Kier alpha value is -1.57. The van der Waals surface area contributed by atoms with Gasteiger partial charge in [-0.3, -0.25) is 0 Å². The maximum Gasteiger partial charge on any atom is 0.119 e. The van der Waals surface area contributed by atoms with Gasteiger partial charge in [0.2, 0.25) is 0 Å². The lowest BCUT2D eigenvalue weighted by molar-refractivity contribution is 0.276. The number of benzene rings is 1. The molecule has 98 valence electrons. The van der Waals surface area contributed by atoms with E-state index in [1.54, 1.807) is 6.07 Å². The number of nitriles is 1. The summed E-state index contributed by atoms with van der Waals surface area (Å²) in [5, 5.41) is 17.9. The lowest BCUT2D eigenvalue weighted by atomic mass is 9.94. The summed E-state index contributed by atoms with van der Waals surface area (Å²) in [4.78, 5) is 0. The second-order valence-electron chi connectivity index (χ2n) is 4.38. The molecule has 1 atom stereocenters. The molecule has 1 aromatic rings. The van der Waals surface area contributed by atoms with Crippen molar-refractivity contribution in [1.29, 1.82) is 5.26 Å². The van der Waals surface area contributed by atoms with Crippen LogP contribution in [0.4, 0.5) is 0 Å². The van der Waals surface area contributed by atoms with Crippen LogP contribution in [-0.4, -0.2) is 17.3 Å².